The van der Waals surface area contributed by atoms with E-state index in [-0.39, 0.29) is 11.8 Å². The van der Waals surface area contributed by atoms with Crippen LogP contribution in [0.15, 0.2) is 60.9 Å². The molecule has 1 aliphatic heterocycles. The molecule has 4 rings (SSSR count). The number of hydrogen-bond donors (Lipinski definition) is 1. The predicted molar refractivity (Wildman–Crippen MR) is 118 cm³/mol. The molecule has 6 heteroatoms. The number of ether oxygens (including phenoxy) is 1. The molecule has 2 aromatic carbocycles. The van der Waals surface area contributed by atoms with Crippen molar-refractivity contribution in [3.8, 4) is 11.6 Å². The van der Waals surface area contributed by atoms with Crippen LogP contribution in [0.2, 0.25) is 0 Å². The number of nitrogens with one attached hydrogen (secondary N) is 1. The Morgan fingerprint density at radius 2 is 1.93 bits per heavy atom. The SMILES string of the molecule is Cc1cccc(NC(=O)[C@H]2CCCN(c3nccnc3Oc3ccccc3C)C2)c1. The Morgan fingerprint density at radius 1 is 1.10 bits per heavy atom. The minimum atomic E-state index is -0.118. The monoisotopic (exact) mass is 402 g/mol. The maximum Gasteiger partial charge on any atom is 0.263 e. The van der Waals surface area contributed by atoms with Crippen LogP contribution in [0.5, 0.6) is 11.6 Å². The lowest BCUT2D eigenvalue weighted by Gasteiger charge is -2.33. The smallest absolute Gasteiger partial charge is 0.263 e. The van der Waals surface area contributed by atoms with Gasteiger partial charge in [0.1, 0.15) is 5.75 Å². The summed E-state index contributed by atoms with van der Waals surface area (Å²) in [6, 6.07) is 15.7. The van der Waals surface area contributed by atoms with Crippen LogP contribution < -0.4 is 15.0 Å². The number of hydrogen-bond acceptors (Lipinski definition) is 5. The van der Waals surface area contributed by atoms with E-state index >= 15 is 0 Å². The van der Waals surface area contributed by atoms with E-state index < -0.39 is 0 Å². The van der Waals surface area contributed by atoms with E-state index in [1.807, 2.05) is 62.4 Å². The van der Waals surface area contributed by atoms with Crippen LogP contribution in [0.25, 0.3) is 0 Å². The maximum atomic E-state index is 12.9. The summed E-state index contributed by atoms with van der Waals surface area (Å²) >= 11 is 0. The second-order valence-electron chi connectivity index (χ2n) is 7.70. The number of carbonyl (C=O) groups excluding carboxylic acids is 1. The Hall–Kier alpha value is -3.41. The second kappa shape index (κ2) is 8.95. The lowest BCUT2D eigenvalue weighted by atomic mass is 9.97. The second-order valence-corrected chi connectivity index (χ2v) is 7.70. The van der Waals surface area contributed by atoms with Crippen molar-refractivity contribution in [2.75, 3.05) is 23.3 Å². The third kappa shape index (κ3) is 4.59. The zero-order chi connectivity index (χ0) is 20.9. The first-order valence-corrected chi connectivity index (χ1v) is 10.3. The van der Waals surface area contributed by atoms with Gasteiger partial charge in [0.15, 0.2) is 5.82 Å². The molecule has 1 atom stereocenters. The summed E-state index contributed by atoms with van der Waals surface area (Å²) in [6.07, 6.45) is 5.05. The van der Waals surface area contributed by atoms with Crippen molar-refractivity contribution in [3.63, 3.8) is 0 Å². The molecular formula is C24H26N4O2. The average Bonchev–Trinajstić information content (AvgIpc) is 2.76. The van der Waals surface area contributed by atoms with E-state index in [9.17, 15) is 4.79 Å². The summed E-state index contributed by atoms with van der Waals surface area (Å²) in [6.45, 7) is 5.41. The van der Waals surface area contributed by atoms with Gasteiger partial charge in [0, 0.05) is 31.2 Å². The summed E-state index contributed by atoms with van der Waals surface area (Å²) in [7, 11) is 0. The summed E-state index contributed by atoms with van der Waals surface area (Å²) in [5, 5.41) is 3.05. The summed E-state index contributed by atoms with van der Waals surface area (Å²) in [5.74, 6) is 1.81. The van der Waals surface area contributed by atoms with E-state index in [4.69, 9.17) is 4.74 Å². The minimum absolute atomic E-state index is 0.0376. The fourth-order valence-corrected chi connectivity index (χ4v) is 3.73. The molecule has 3 aromatic rings. The van der Waals surface area contributed by atoms with Crippen LogP contribution >= 0.6 is 0 Å². The summed E-state index contributed by atoms with van der Waals surface area (Å²) < 4.78 is 6.08. The van der Waals surface area contributed by atoms with Crippen LogP contribution in [0.1, 0.15) is 24.0 Å². The van der Waals surface area contributed by atoms with Crippen LogP contribution in [-0.2, 0) is 4.79 Å². The first-order chi connectivity index (χ1) is 14.6. The van der Waals surface area contributed by atoms with Gasteiger partial charge >= 0.3 is 0 Å². The average molecular weight is 402 g/mol. The van der Waals surface area contributed by atoms with E-state index in [0.717, 1.165) is 42.0 Å². The lowest BCUT2D eigenvalue weighted by molar-refractivity contribution is -0.120. The molecule has 0 saturated carbocycles. The minimum Gasteiger partial charge on any atom is -0.436 e. The van der Waals surface area contributed by atoms with Crippen molar-refractivity contribution in [3.05, 3.63) is 72.1 Å². The first-order valence-electron chi connectivity index (χ1n) is 10.3. The summed E-state index contributed by atoms with van der Waals surface area (Å²) in [4.78, 5) is 23.9. The number of anilines is 2. The van der Waals surface area contributed by atoms with E-state index in [2.05, 4.69) is 20.2 Å². The Labute approximate surface area is 176 Å². The van der Waals surface area contributed by atoms with E-state index in [1.54, 1.807) is 12.4 Å². The molecule has 0 unspecified atom stereocenters. The van der Waals surface area contributed by atoms with Gasteiger partial charge in [-0.2, -0.15) is 0 Å². The van der Waals surface area contributed by atoms with Crippen LogP contribution in [-0.4, -0.2) is 29.0 Å². The van der Waals surface area contributed by atoms with Crippen LogP contribution in [0.4, 0.5) is 11.5 Å². The van der Waals surface area contributed by atoms with Crippen LogP contribution in [0.3, 0.4) is 0 Å². The highest BCUT2D eigenvalue weighted by atomic mass is 16.5. The fraction of sp³-hybridized carbons (Fsp3) is 0.292. The highest BCUT2D eigenvalue weighted by Gasteiger charge is 2.28. The van der Waals surface area contributed by atoms with Crippen molar-refractivity contribution >= 4 is 17.4 Å². The molecule has 0 aliphatic carbocycles. The van der Waals surface area contributed by atoms with Gasteiger partial charge in [-0.1, -0.05) is 30.3 Å². The molecule has 1 amide bonds. The van der Waals surface area contributed by atoms with Crippen molar-refractivity contribution in [2.45, 2.75) is 26.7 Å². The fourth-order valence-electron chi connectivity index (χ4n) is 3.73. The molecular weight excluding hydrogens is 376 g/mol. The maximum absolute atomic E-state index is 12.9. The normalized spacial score (nSPS) is 16.2. The molecule has 0 radical (unpaired) electrons. The number of aryl methyl sites for hydroxylation is 2. The van der Waals surface area contributed by atoms with Crippen molar-refractivity contribution in [1.29, 1.82) is 0 Å². The number of benzene rings is 2. The number of nitrogens with zero attached hydrogens (tertiary/aromatic N) is 3. The molecule has 1 fully saturated rings. The van der Waals surface area contributed by atoms with Gasteiger partial charge in [0.05, 0.1) is 5.92 Å². The van der Waals surface area contributed by atoms with Crippen LogP contribution in [0, 0.1) is 19.8 Å². The van der Waals surface area contributed by atoms with Gasteiger partial charge in [-0.25, -0.2) is 9.97 Å². The highest BCUT2D eigenvalue weighted by molar-refractivity contribution is 5.93. The van der Waals surface area contributed by atoms with Gasteiger partial charge in [-0.05, 0) is 56.0 Å². The molecule has 1 saturated heterocycles. The zero-order valence-corrected chi connectivity index (χ0v) is 17.3. The van der Waals surface area contributed by atoms with Gasteiger partial charge in [-0.15, -0.1) is 0 Å². The molecule has 0 bridgehead atoms. The number of aromatic nitrogens is 2. The molecule has 1 aliphatic rings. The third-order valence-electron chi connectivity index (χ3n) is 5.32. The van der Waals surface area contributed by atoms with Crippen molar-refractivity contribution in [1.82, 2.24) is 9.97 Å². The predicted octanol–water partition coefficient (Wildman–Crippen LogP) is 4.74. The van der Waals surface area contributed by atoms with Crippen molar-refractivity contribution in [2.24, 2.45) is 5.92 Å². The Kier molecular flexibility index (Phi) is 5.93. The highest BCUT2D eigenvalue weighted by Crippen LogP contribution is 2.32. The van der Waals surface area contributed by atoms with Gasteiger partial charge in [0.25, 0.3) is 5.88 Å². The Morgan fingerprint density at radius 3 is 2.77 bits per heavy atom. The van der Waals surface area contributed by atoms with Crippen molar-refractivity contribution < 1.29 is 9.53 Å². The molecule has 1 aromatic heterocycles. The standard InChI is InChI=1S/C24H26N4O2/c1-17-7-5-10-20(15-17)27-23(29)19-9-6-14-28(16-19)22-24(26-13-12-25-22)30-21-11-4-3-8-18(21)2/h3-5,7-8,10-13,15,19H,6,9,14,16H2,1-2H3,(H,27,29)/t19-/m0/s1. The molecule has 6 nitrogen and oxygen atoms in total. The molecule has 2 heterocycles. The number of para-hydroxylation sites is 1. The van der Waals surface area contributed by atoms with E-state index in [1.165, 1.54) is 0 Å². The number of piperidine rings is 1. The van der Waals surface area contributed by atoms with Gasteiger partial charge in [0.2, 0.25) is 5.91 Å². The third-order valence-corrected chi connectivity index (χ3v) is 5.32. The number of amides is 1. The molecule has 1 N–H and O–H groups in total. The number of rotatable bonds is 5. The van der Waals surface area contributed by atoms with Gasteiger partial charge < -0.3 is 15.0 Å². The Bertz CT molecular complexity index is 1040. The first kappa shape index (κ1) is 19.9. The molecule has 154 valence electrons. The topological polar surface area (TPSA) is 67.4 Å². The van der Waals surface area contributed by atoms with E-state index in [0.29, 0.717) is 18.2 Å². The van der Waals surface area contributed by atoms with Gasteiger partial charge in [-0.3, -0.25) is 4.79 Å². The summed E-state index contributed by atoms with van der Waals surface area (Å²) in [5.41, 5.74) is 2.99. The largest absolute Gasteiger partial charge is 0.436 e. The zero-order valence-electron chi connectivity index (χ0n) is 17.3. The quantitative estimate of drug-likeness (QED) is 0.668. The molecule has 0 spiro atoms. The number of carbonyl (C=O) groups is 1. The molecule has 30 heavy (non-hydrogen) atoms. The lowest BCUT2D eigenvalue weighted by Crippen LogP contribution is -2.41. The Balaban J connectivity index is 1.49.